The van der Waals surface area contributed by atoms with Gasteiger partial charge in [-0.25, -0.2) is 9.97 Å². The number of hydrogen-bond donors (Lipinski definition) is 1. The summed E-state index contributed by atoms with van der Waals surface area (Å²) in [5, 5.41) is 3.29. The van der Waals surface area contributed by atoms with Crippen LogP contribution in [-0.2, 0) is 4.74 Å². The molecule has 1 saturated heterocycles. The Morgan fingerprint density at radius 2 is 1.95 bits per heavy atom. The van der Waals surface area contributed by atoms with Crippen molar-refractivity contribution in [2.24, 2.45) is 0 Å². The minimum absolute atomic E-state index is 0.393. The average Bonchev–Trinajstić information content (AvgIpc) is 2.48. The van der Waals surface area contributed by atoms with Gasteiger partial charge in [-0.15, -0.1) is 0 Å². The summed E-state index contributed by atoms with van der Waals surface area (Å²) in [6.45, 7) is 5.81. The Bertz CT molecular complexity index is 353. The van der Waals surface area contributed by atoms with Crippen LogP contribution in [0.4, 0.5) is 5.95 Å². The molecular weight excluding hydrogens is 242 g/mol. The van der Waals surface area contributed by atoms with Crippen LogP contribution in [0.25, 0.3) is 0 Å². The molecule has 0 bridgehead atoms. The van der Waals surface area contributed by atoms with E-state index in [0.29, 0.717) is 6.04 Å². The monoisotopic (exact) mass is 265 g/mol. The van der Waals surface area contributed by atoms with Crippen molar-refractivity contribution in [3.8, 4) is 0 Å². The lowest BCUT2D eigenvalue weighted by Crippen LogP contribution is -2.51. The predicted molar refractivity (Wildman–Crippen MR) is 75.4 cm³/mol. The van der Waals surface area contributed by atoms with E-state index in [1.807, 2.05) is 13.1 Å². The number of aromatic nitrogens is 2. The quantitative estimate of drug-likeness (QED) is 0.771. The van der Waals surface area contributed by atoms with E-state index < -0.39 is 0 Å². The lowest BCUT2D eigenvalue weighted by Gasteiger charge is -2.36. The fourth-order valence-corrected chi connectivity index (χ4v) is 2.33. The number of rotatable bonds is 6. The molecule has 1 aromatic rings. The zero-order valence-electron chi connectivity index (χ0n) is 11.7. The standard InChI is InChI=1S/C13H23N5O/c1-14-12(11-19-2)10-17-6-8-18(9-7-17)13-15-4-3-5-16-13/h3-5,12,14H,6-11H2,1-2H3. The molecule has 1 aromatic heterocycles. The Labute approximate surface area is 114 Å². The van der Waals surface area contributed by atoms with Crippen molar-refractivity contribution in [2.45, 2.75) is 6.04 Å². The fraction of sp³-hybridized carbons (Fsp3) is 0.692. The summed E-state index contributed by atoms with van der Waals surface area (Å²) < 4.78 is 5.21. The molecule has 6 heteroatoms. The Balaban J connectivity index is 1.79. The van der Waals surface area contributed by atoms with Crippen LogP contribution in [0.15, 0.2) is 18.5 Å². The number of hydrogen-bond acceptors (Lipinski definition) is 6. The van der Waals surface area contributed by atoms with Gasteiger partial charge in [0.15, 0.2) is 0 Å². The van der Waals surface area contributed by atoms with Gasteiger partial charge < -0.3 is 15.0 Å². The van der Waals surface area contributed by atoms with E-state index in [1.165, 1.54) is 0 Å². The Hall–Kier alpha value is -1.24. The molecule has 0 aliphatic carbocycles. The van der Waals surface area contributed by atoms with Crippen molar-refractivity contribution < 1.29 is 4.74 Å². The number of likely N-dealkylation sites (N-methyl/N-ethyl adjacent to an activating group) is 1. The van der Waals surface area contributed by atoms with Gasteiger partial charge in [0.25, 0.3) is 0 Å². The molecule has 2 heterocycles. The summed E-state index contributed by atoms with van der Waals surface area (Å²) in [6.07, 6.45) is 3.59. The van der Waals surface area contributed by atoms with Gasteiger partial charge in [0.2, 0.25) is 5.95 Å². The van der Waals surface area contributed by atoms with Crippen LogP contribution in [0.3, 0.4) is 0 Å². The number of methoxy groups -OCH3 is 1. The predicted octanol–water partition coefficient (Wildman–Crippen LogP) is -0.167. The van der Waals surface area contributed by atoms with Crippen LogP contribution in [0.2, 0.25) is 0 Å². The maximum Gasteiger partial charge on any atom is 0.225 e. The summed E-state index contributed by atoms with van der Waals surface area (Å²) in [7, 11) is 3.73. The Morgan fingerprint density at radius 1 is 1.26 bits per heavy atom. The zero-order chi connectivity index (χ0) is 13.5. The second-order valence-corrected chi connectivity index (χ2v) is 4.78. The first kappa shape index (κ1) is 14.2. The highest BCUT2D eigenvalue weighted by atomic mass is 16.5. The zero-order valence-corrected chi connectivity index (χ0v) is 11.7. The molecular formula is C13H23N5O. The van der Waals surface area contributed by atoms with E-state index in [1.54, 1.807) is 19.5 Å². The molecule has 1 unspecified atom stereocenters. The highest BCUT2D eigenvalue weighted by molar-refractivity contribution is 5.29. The minimum atomic E-state index is 0.393. The first-order valence-corrected chi connectivity index (χ1v) is 6.74. The maximum absolute atomic E-state index is 5.21. The third kappa shape index (κ3) is 4.12. The molecule has 6 nitrogen and oxygen atoms in total. The van der Waals surface area contributed by atoms with Gasteiger partial charge in [-0.05, 0) is 13.1 Å². The van der Waals surface area contributed by atoms with Gasteiger partial charge in [0.1, 0.15) is 0 Å². The van der Waals surface area contributed by atoms with Crippen molar-refractivity contribution in [2.75, 3.05) is 58.4 Å². The van der Waals surface area contributed by atoms with E-state index in [4.69, 9.17) is 4.74 Å². The smallest absolute Gasteiger partial charge is 0.225 e. The Kier molecular flexibility index (Phi) is 5.50. The van der Waals surface area contributed by atoms with E-state index in [0.717, 1.165) is 45.3 Å². The molecule has 2 rings (SSSR count). The SMILES string of the molecule is CNC(COC)CN1CCN(c2ncccn2)CC1. The summed E-state index contributed by atoms with van der Waals surface area (Å²) in [4.78, 5) is 13.3. The molecule has 19 heavy (non-hydrogen) atoms. The van der Waals surface area contributed by atoms with Crippen LogP contribution >= 0.6 is 0 Å². The average molecular weight is 265 g/mol. The second-order valence-electron chi connectivity index (χ2n) is 4.78. The number of ether oxygens (including phenoxy) is 1. The van der Waals surface area contributed by atoms with Crippen LogP contribution in [0.5, 0.6) is 0 Å². The van der Waals surface area contributed by atoms with Gasteiger partial charge in [-0.2, -0.15) is 0 Å². The molecule has 1 N–H and O–H groups in total. The first-order chi connectivity index (χ1) is 9.33. The van der Waals surface area contributed by atoms with Crippen molar-refractivity contribution in [1.82, 2.24) is 20.2 Å². The van der Waals surface area contributed by atoms with Crippen LogP contribution < -0.4 is 10.2 Å². The topological polar surface area (TPSA) is 53.5 Å². The summed E-state index contributed by atoms with van der Waals surface area (Å²) in [6, 6.07) is 2.24. The maximum atomic E-state index is 5.21. The molecule has 1 atom stereocenters. The van der Waals surface area contributed by atoms with Gasteiger partial charge >= 0.3 is 0 Å². The number of anilines is 1. The molecule has 1 fully saturated rings. The van der Waals surface area contributed by atoms with Gasteiger partial charge in [0.05, 0.1) is 6.61 Å². The Morgan fingerprint density at radius 3 is 2.53 bits per heavy atom. The van der Waals surface area contributed by atoms with Crippen molar-refractivity contribution in [3.05, 3.63) is 18.5 Å². The van der Waals surface area contributed by atoms with Gasteiger partial charge in [-0.1, -0.05) is 0 Å². The van der Waals surface area contributed by atoms with Crippen LogP contribution in [0.1, 0.15) is 0 Å². The van der Waals surface area contributed by atoms with Gasteiger partial charge in [0, 0.05) is 58.3 Å². The lowest BCUT2D eigenvalue weighted by molar-refractivity contribution is 0.138. The molecule has 0 spiro atoms. The van der Waals surface area contributed by atoms with E-state index in [2.05, 4.69) is 25.1 Å². The summed E-state index contributed by atoms with van der Waals surface area (Å²) in [5.41, 5.74) is 0. The van der Waals surface area contributed by atoms with Crippen molar-refractivity contribution >= 4 is 5.95 Å². The van der Waals surface area contributed by atoms with E-state index >= 15 is 0 Å². The molecule has 106 valence electrons. The lowest BCUT2D eigenvalue weighted by atomic mass is 10.2. The molecule has 0 saturated carbocycles. The van der Waals surface area contributed by atoms with Crippen LogP contribution in [-0.4, -0.2) is 74.4 Å². The van der Waals surface area contributed by atoms with Crippen LogP contribution in [0, 0.1) is 0 Å². The summed E-state index contributed by atoms with van der Waals surface area (Å²) >= 11 is 0. The number of nitrogens with one attached hydrogen (secondary N) is 1. The molecule has 1 aliphatic rings. The largest absolute Gasteiger partial charge is 0.383 e. The second kappa shape index (κ2) is 7.37. The molecule has 1 aliphatic heterocycles. The van der Waals surface area contributed by atoms with Crippen molar-refractivity contribution in [3.63, 3.8) is 0 Å². The number of piperazine rings is 1. The number of nitrogens with zero attached hydrogens (tertiary/aromatic N) is 4. The van der Waals surface area contributed by atoms with Crippen molar-refractivity contribution in [1.29, 1.82) is 0 Å². The third-order valence-electron chi connectivity index (χ3n) is 3.46. The molecule has 0 radical (unpaired) electrons. The normalized spacial score (nSPS) is 18.5. The third-order valence-corrected chi connectivity index (χ3v) is 3.46. The molecule has 0 aromatic carbocycles. The highest BCUT2D eigenvalue weighted by Gasteiger charge is 2.20. The fourth-order valence-electron chi connectivity index (χ4n) is 2.33. The summed E-state index contributed by atoms with van der Waals surface area (Å²) in [5.74, 6) is 0.837. The van der Waals surface area contributed by atoms with Gasteiger partial charge in [-0.3, -0.25) is 4.90 Å². The first-order valence-electron chi connectivity index (χ1n) is 6.74. The minimum Gasteiger partial charge on any atom is -0.383 e. The highest BCUT2D eigenvalue weighted by Crippen LogP contribution is 2.09. The van der Waals surface area contributed by atoms with E-state index in [9.17, 15) is 0 Å². The van der Waals surface area contributed by atoms with E-state index in [-0.39, 0.29) is 0 Å². The molecule has 0 amide bonds.